The van der Waals surface area contributed by atoms with E-state index in [0.717, 1.165) is 22.2 Å². The van der Waals surface area contributed by atoms with Crippen molar-refractivity contribution in [3.63, 3.8) is 0 Å². The second kappa shape index (κ2) is 8.15. The monoisotopic (exact) mass is 425 g/mol. The van der Waals surface area contributed by atoms with Gasteiger partial charge < -0.3 is 5.32 Å². The molecule has 0 fully saturated rings. The molecule has 2 aromatic rings. The number of nitro benzene ring substituents is 1. The molecular formula is C18H20ClN3O5S. The van der Waals surface area contributed by atoms with Crippen LogP contribution in [0.25, 0.3) is 0 Å². The summed E-state index contributed by atoms with van der Waals surface area (Å²) in [6.07, 6.45) is 0.944. The number of rotatable bonds is 6. The van der Waals surface area contributed by atoms with Crippen LogP contribution in [0.3, 0.4) is 0 Å². The third-order valence-corrected chi connectivity index (χ3v) is 5.65. The van der Waals surface area contributed by atoms with Gasteiger partial charge in [-0.3, -0.25) is 19.2 Å². The standard InChI is InChI=1S/C18H20ClN3O5S/c1-11-5-7-14(19)9-16(11)20-18(23)13(3)21(28(4,26)27)17-10-15(22(24)25)8-6-12(17)2/h5-10,13H,1-4H3,(H,20,23). The van der Waals surface area contributed by atoms with E-state index in [9.17, 15) is 23.3 Å². The molecule has 0 aliphatic rings. The SMILES string of the molecule is Cc1ccc(Cl)cc1NC(=O)C(C)N(c1cc([N+](=O)[O-])ccc1C)S(C)(=O)=O. The minimum atomic E-state index is -3.91. The topological polar surface area (TPSA) is 110 Å². The Hall–Kier alpha value is -2.65. The van der Waals surface area contributed by atoms with Gasteiger partial charge in [-0.1, -0.05) is 23.7 Å². The number of sulfonamides is 1. The van der Waals surface area contributed by atoms with E-state index in [1.54, 1.807) is 32.0 Å². The summed E-state index contributed by atoms with van der Waals surface area (Å²) in [5, 5.41) is 14.2. The lowest BCUT2D eigenvalue weighted by Crippen LogP contribution is -2.45. The molecule has 0 aliphatic heterocycles. The molecule has 1 N–H and O–H groups in total. The quantitative estimate of drug-likeness (QED) is 0.561. The summed E-state index contributed by atoms with van der Waals surface area (Å²) in [6, 6.07) is 7.66. The summed E-state index contributed by atoms with van der Waals surface area (Å²) in [5.74, 6) is -0.596. The first-order valence-electron chi connectivity index (χ1n) is 8.23. The summed E-state index contributed by atoms with van der Waals surface area (Å²) < 4.78 is 25.8. The number of carbonyl (C=O) groups excluding carboxylic acids is 1. The molecule has 8 nitrogen and oxygen atoms in total. The van der Waals surface area contributed by atoms with Crippen molar-refractivity contribution in [2.24, 2.45) is 0 Å². The molecule has 28 heavy (non-hydrogen) atoms. The number of hydrogen-bond acceptors (Lipinski definition) is 5. The highest BCUT2D eigenvalue weighted by atomic mass is 35.5. The van der Waals surface area contributed by atoms with Gasteiger partial charge in [-0.15, -0.1) is 0 Å². The van der Waals surface area contributed by atoms with Gasteiger partial charge >= 0.3 is 0 Å². The van der Waals surface area contributed by atoms with Crippen LogP contribution in [0.5, 0.6) is 0 Å². The fraction of sp³-hybridized carbons (Fsp3) is 0.278. The van der Waals surface area contributed by atoms with Crippen LogP contribution >= 0.6 is 11.6 Å². The number of aryl methyl sites for hydroxylation is 2. The average Bonchev–Trinajstić information content (AvgIpc) is 2.58. The molecule has 0 heterocycles. The van der Waals surface area contributed by atoms with Gasteiger partial charge in [0.2, 0.25) is 15.9 Å². The Morgan fingerprint density at radius 1 is 1.18 bits per heavy atom. The first-order valence-corrected chi connectivity index (χ1v) is 10.5. The highest BCUT2D eigenvalue weighted by Crippen LogP contribution is 2.30. The number of benzene rings is 2. The molecule has 0 saturated carbocycles. The van der Waals surface area contributed by atoms with Gasteiger partial charge in [0, 0.05) is 22.8 Å². The van der Waals surface area contributed by atoms with Gasteiger partial charge in [-0.05, 0) is 44.0 Å². The molecule has 0 aromatic heterocycles. The van der Waals surface area contributed by atoms with E-state index in [1.807, 2.05) is 0 Å². The van der Waals surface area contributed by atoms with E-state index in [4.69, 9.17) is 11.6 Å². The van der Waals surface area contributed by atoms with Gasteiger partial charge in [-0.25, -0.2) is 8.42 Å². The van der Waals surface area contributed by atoms with Crippen LogP contribution in [0, 0.1) is 24.0 Å². The molecule has 0 aliphatic carbocycles. The predicted molar refractivity (Wildman–Crippen MR) is 109 cm³/mol. The Labute approximate surface area is 168 Å². The third-order valence-electron chi connectivity index (χ3n) is 4.19. The zero-order chi connectivity index (χ0) is 21.2. The van der Waals surface area contributed by atoms with Crippen LogP contribution < -0.4 is 9.62 Å². The zero-order valence-corrected chi connectivity index (χ0v) is 17.3. The number of nitrogens with zero attached hydrogens (tertiary/aromatic N) is 2. The van der Waals surface area contributed by atoms with Crippen molar-refractivity contribution < 1.29 is 18.1 Å². The molecule has 0 saturated heterocycles. The van der Waals surface area contributed by atoms with E-state index >= 15 is 0 Å². The second-order valence-corrected chi connectivity index (χ2v) is 8.71. The van der Waals surface area contributed by atoms with E-state index < -0.39 is 26.9 Å². The van der Waals surface area contributed by atoms with Gasteiger partial charge in [0.15, 0.2) is 0 Å². The van der Waals surface area contributed by atoms with Gasteiger partial charge in [0.05, 0.1) is 16.9 Å². The van der Waals surface area contributed by atoms with Crippen molar-refractivity contribution in [3.05, 3.63) is 62.7 Å². The van der Waals surface area contributed by atoms with E-state index in [1.165, 1.54) is 19.1 Å². The van der Waals surface area contributed by atoms with E-state index in [0.29, 0.717) is 16.3 Å². The molecule has 0 bridgehead atoms. The van der Waals surface area contributed by atoms with Crippen LogP contribution in [0.4, 0.5) is 17.1 Å². The molecule has 2 rings (SSSR count). The van der Waals surface area contributed by atoms with Gasteiger partial charge in [-0.2, -0.15) is 0 Å². The molecule has 0 radical (unpaired) electrons. The zero-order valence-electron chi connectivity index (χ0n) is 15.8. The maximum absolute atomic E-state index is 12.8. The maximum atomic E-state index is 12.8. The first kappa shape index (κ1) is 21.6. The molecule has 10 heteroatoms. The Morgan fingerprint density at radius 3 is 2.36 bits per heavy atom. The van der Waals surface area contributed by atoms with Gasteiger partial charge in [0.25, 0.3) is 5.69 Å². The lowest BCUT2D eigenvalue weighted by Gasteiger charge is -2.29. The van der Waals surface area contributed by atoms with E-state index in [2.05, 4.69) is 5.32 Å². The number of hydrogen-bond donors (Lipinski definition) is 1. The number of amides is 1. The highest BCUT2D eigenvalue weighted by molar-refractivity contribution is 7.92. The van der Waals surface area contributed by atoms with Crippen molar-refractivity contribution >= 4 is 44.6 Å². The fourth-order valence-corrected chi connectivity index (χ4v) is 4.09. The minimum absolute atomic E-state index is 0.0715. The Bertz CT molecular complexity index is 1040. The number of carbonyl (C=O) groups is 1. The summed E-state index contributed by atoms with van der Waals surface area (Å²) in [4.78, 5) is 23.2. The smallest absolute Gasteiger partial charge is 0.271 e. The molecule has 1 unspecified atom stereocenters. The fourth-order valence-electron chi connectivity index (χ4n) is 2.70. The Balaban J connectivity index is 2.46. The molecule has 0 spiro atoms. The maximum Gasteiger partial charge on any atom is 0.271 e. The largest absolute Gasteiger partial charge is 0.324 e. The summed E-state index contributed by atoms with van der Waals surface area (Å²) in [5.41, 5.74) is 1.49. The van der Waals surface area contributed by atoms with Crippen LogP contribution in [0.2, 0.25) is 5.02 Å². The minimum Gasteiger partial charge on any atom is -0.324 e. The van der Waals surface area contributed by atoms with Gasteiger partial charge in [0.1, 0.15) is 6.04 Å². The predicted octanol–water partition coefficient (Wildman–Crippen LogP) is 3.66. The number of nitro groups is 1. The van der Waals surface area contributed by atoms with Crippen molar-refractivity contribution in [2.75, 3.05) is 15.9 Å². The van der Waals surface area contributed by atoms with Crippen molar-refractivity contribution in [2.45, 2.75) is 26.8 Å². The second-order valence-electron chi connectivity index (χ2n) is 6.41. The summed E-state index contributed by atoms with van der Waals surface area (Å²) in [7, 11) is -3.91. The van der Waals surface area contributed by atoms with Crippen LogP contribution in [0.1, 0.15) is 18.1 Å². The molecule has 150 valence electrons. The summed E-state index contributed by atoms with van der Waals surface area (Å²) >= 11 is 5.96. The van der Waals surface area contributed by atoms with Crippen LogP contribution in [-0.2, 0) is 14.8 Å². The number of anilines is 2. The lowest BCUT2D eigenvalue weighted by atomic mass is 10.1. The Morgan fingerprint density at radius 2 is 1.79 bits per heavy atom. The summed E-state index contributed by atoms with van der Waals surface area (Å²) in [6.45, 7) is 4.80. The third kappa shape index (κ3) is 4.79. The average molecular weight is 426 g/mol. The van der Waals surface area contributed by atoms with Crippen molar-refractivity contribution in [1.82, 2.24) is 0 Å². The normalized spacial score (nSPS) is 12.3. The molecule has 1 amide bonds. The van der Waals surface area contributed by atoms with Crippen molar-refractivity contribution in [1.29, 1.82) is 0 Å². The van der Waals surface area contributed by atoms with Crippen LogP contribution in [-0.4, -0.2) is 31.5 Å². The number of halogens is 1. The molecular weight excluding hydrogens is 406 g/mol. The van der Waals surface area contributed by atoms with Crippen LogP contribution in [0.15, 0.2) is 36.4 Å². The highest BCUT2D eigenvalue weighted by Gasteiger charge is 2.31. The Kier molecular flexibility index (Phi) is 6.30. The first-order chi connectivity index (χ1) is 12.9. The molecule has 2 aromatic carbocycles. The molecule has 1 atom stereocenters. The van der Waals surface area contributed by atoms with Crippen molar-refractivity contribution in [3.8, 4) is 0 Å². The number of non-ortho nitro benzene ring substituents is 1. The number of nitrogens with one attached hydrogen (secondary N) is 1. The lowest BCUT2D eigenvalue weighted by molar-refractivity contribution is -0.384. The van der Waals surface area contributed by atoms with E-state index in [-0.39, 0.29) is 11.4 Å².